The summed E-state index contributed by atoms with van der Waals surface area (Å²) in [6.07, 6.45) is 6.45. The number of ether oxygens (including phenoxy) is 1. The van der Waals surface area contributed by atoms with E-state index in [1.807, 2.05) is 6.92 Å². The van der Waals surface area contributed by atoms with Gasteiger partial charge in [0.15, 0.2) is 0 Å². The molecule has 3 rings (SSSR count). The van der Waals surface area contributed by atoms with Crippen molar-refractivity contribution in [2.24, 2.45) is 0 Å². The summed E-state index contributed by atoms with van der Waals surface area (Å²) in [6.45, 7) is 3.32. The van der Waals surface area contributed by atoms with Gasteiger partial charge in [0.2, 0.25) is 11.8 Å². The van der Waals surface area contributed by atoms with Gasteiger partial charge < -0.3 is 15.0 Å². The van der Waals surface area contributed by atoms with Crippen LogP contribution >= 0.6 is 0 Å². The Morgan fingerprint density at radius 1 is 1.30 bits per heavy atom. The molecule has 0 aromatic rings. The first-order chi connectivity index (χ1) is 9.66. The quantitative estimate of drug-likeness (QED) is 0.845. The zero-order valence-electron chi connectivity index (χ0n) is 12.2. The minimum absolute atomic E-state index is 0.0204. The molecule has 20 heavy (non-hydrogen) atoms. The van der Waals surface area contributed by atoms with E-state index in [1.54, 1.807) is 4.90 Å². The normalized spacial score (nSPS) is 33.0. The molecule has 0 aromatic heterocycles. The average Bonchev–Trinajstić information content (AvgIpc) is 3.08. The maximum atomic E-state index is 12.9. The van der Waals surface area contributed by atoms with Gasteiger partial charge in [-0.15, -0.1) is 0 Å². The van der Waals surface area contributed by atoms with E-state index in [-0.39, 0.29) is 24.0 Å². The zero-order chi connectivity index (χ0) is 14.2. The van der Waals surface area contributed by atoms with E-state index in [0.29, 0.717) is 13.0 Å². The average molecular weight is 280 g/mol. The number of nitrogens with one attached hydrogen (secondary N) is 1. The van der Waals surface area contributed by atoms with E-state index >= 15 is 0 Å². The third-order valence-corrected chi connectivity index (χ3v) is 4.98. The Morgan fingerprint density at radius 3 is 2.65 bits per heavy atom. The Bertz CT molecular complexity index is 398. The van der Waals surface area contributed by atoms with Crippen LogP contribution in [0.1, 0.15) is 51.9 Å². The zero-order valence-corrected chi connectivity index (χ0v) is 12.2. The number of rotatable bonds is 3. The summed E-state index contributed by atoms with van der Waals surface area (Å²) in [5, 5.41) is 3.03. The molecule has 3 aliphatic rings. The van der Waals surface area contributed by atoms with Crippen molar-refractivity contribution >= 4 is 11.8 Å². The molecule has 112 valence electrons. The van der Waals surface area contributed by atoms with Crippen molar-refractivity contribution in [1.29, 1.82) is 0 Å². The number of carbonyl (C=O) groups excluding carboxylic acids is 2. The monoisotopic (exact) mass is 280 g/mol. The topological polar surface area (TPSA) is 58.6 Å². The van der Waals surface area contributed by atoms with Gasteiger partial charge in [0.05, 0.1) is 6.10 Å². The molecule has 1 N–H and O–H groups in total. The summed E-state index contributed by atoms with van der Waals surface area (Å²) < 4.78 is 5.66. The van der Waals surface area contributed by atoms with Crippen LogP contribution in [0.5, 0.6) is 0 Å². The molecular weight excluding hydrogens is 256 g/mol. The summed E-state index contributed by atoms with van der Waals surface area (Å²) in [5.41, 5.74) is -0.610. The number of carbonyl (C=O) groups is 2. The highest BCUT2D eigenvalue weighted by atomic mass is 16.5. The smallest absolute Gasteiger partial charge is 0.249 e. The first-order valence-electron chi connectivity index (χ1n) is 7.91. The van der Waals surface area contributed by atoms with Gasteiger partial charge in [-0.25, -0.2) is 0 Å². The molecule has 3 fully saturated rings. The molecule has 2 aliphatic heterocycles. The van der Waals surface area contributed by atoms with Gasteiger partial charge in [0.1, 0.15) is 11.6 Å². The molecule has 0 bridgehead atoms. The van der Waals surface area contributed by atoms with Gasteiger partial charge in [-0.3, -0.25) is 9.59 Å². The van der Waals surface area contributed by atoms with Crippen LogP contribution in [-0.2, 0) is 14.3 Å². The Balaban J connectivity index is 1.81. The molecule has 0 radical (unpaired) electrons. The van der Waals surface area contributed by atoms with Crippen molar-refractivity contribution < 1.29 is 14.3 Å². The van der Waals surface area contributed by atoms with Gasteiger partial charge in [-0.05, 0) is 32.1 Å². The Kier molecular flexibility index (Phi) is 3.71. The fraction of sp³-hybridized carbons (Fsp3) is 0.867. The van der Waals surface area contributed by atoms with Crippen LogP contribution in [-0.4, -0.2) is 47.6 Å². The molecule has 5 heteroatoms. The lowest BCUT2D eigenvalue weighted by molar-refractivity contribution is -0.156. The Labute approximate surface area is 120 Å². The maximum Gasteiger partial charge on any atom is 0.249 e. The van der Waals surface area contributed by atoms with E-state index in [1.165, 1.54) is 0 Å². The van der Waals surface area contributed by atoms with Gasteiger partial charge in [-0.2, -0.15) is 0 Å². The van der Waals surface area contributed by atoms with Crippen LogP contribution < -0.4 is 5.32 Å². The summed E-state index contributed by atoms with van der Waals surface area (Å²) in [7, 11) is 0. The van der Waals surface area contributed by atoms with Crippen molar-refractivity contribution in [3.05, 3.63) is 0 Å². The third-order valence-electron chi connectivity index (χ3n) is 4.98. The summed E-state index contributed by atoms with van der Waals surface area (Å²) in [5.74, 6) is 0.143. The molecule has 2 unspecified atom stereocenters. The molecule has 1 saturated carbocycles. The standard InChI is InChI=1S/C15H24N2O3/c1-2-12-13(18)16-15(7-3-4-8-15)14(19)17(12)10-11-6-5-9-20-11/h11-12H,2-10H2,1H3,(H,16,18). The number of hydrogen-bond donors (Lipinski definition) is 1. The first-order valence-corrected chi connectivity index (χ1v) is 7.91. The maximum absolute atomic E-state index is 12.9. The molecule has 2 amide bonds. The number of hydrogen-bond acceptors (Lipinski definition) is 3. The fourth-order valence-corrected chi connectivity index (χ4v) is 3.87. The van der Waals surface area contributed by atoms with E-state index in [2.05, 4.69) is 5.32 Å². The van der Waals surface area contributed by atoms with Crippen LogP contribution in [0.2, 0.25) is 0 Å². The molecule has 2 atom stereocenters. The van der Waals surface area contributed by atoms with Crippen molar-refractivity contribution in [3.8, 4) is 0 Å². The van der Waals surface area contributed by atoms with Gasteiger partial charge in [0.25, 0.3) is 0 Å². The minimum atomic E-state index is -0.610. The summed E-state index contributed by atoms with van der Waals surface area (Å²) in [6, 6.07) is -0.321. The predicted octanol–water partition coefficient (Wildman–Crippen LogP) is 1.22. The number of piperazine rings is 1. The highest BCUT2D eigenvalue weighted by Crippen LogP contribution is 2.35. The van der Waals surface area contributed by atoms with Crippen LogP contribution in [0, 0.1) is 0 Å². The summed E-state index contributed by atoms with van der Waals surface area (Å²) in [4.78, 5) is 27.1. The number of nitrogens with zero attached hydrogens (tertiary/aromatic N) is 1. The SMILES string of the molecule is CCC1C(=O)NC2(CCCC2)C(=O)N1CC1CCCO1. The lowest BCUT2D eigenvalue weighted by atomic mass is 9.89. The molecule has 2 heterocycles. The molecule has 5 nitrogen and oxygen atoms in total. The van der Waals surface area contributed by atoms with Crippen molar-refractivity contribution in [2.45, 2.75) is 69.6 Å². The second-order valence-electron chi connectivity index (χ2n) is 6.30. The largest absolute Gasteiger partial charge is 0.376 e. The van der Waals surface area contributed by atoms with E-state index in [0.717, 1.165) is 45.1 Å². The van der Waals surface area contributed by atoms with Gasteiger partial charge in [0, 0.05) is 13.2 Å². The second kappa shape index (κ2) is 5.35. The first kappa shape index (κ1) is 13.9. The molecular formula is C15H24N2O3. The van der Waals surface area contributed by atoms with Crippen LogP contribution in [0.25, 0.3) is 0 Å². The lowest BCUT2D eigenvalue weighted by Gasteiger charge is -2.45. The predicted molar refractivity (Wildman–Crippen MR) is 74.1 cm³/mol. The number of amides is 2. The van der Waals surface area contributed by atoms with E-state index in [9.17, 15) is 9.59 Å². The Morgan fingerprint density at radius 2 is 2.05 bits per heavy atom. The Hall–Kier alpha value is -1.10. The fourth-order valence-electron chi connectivity index (χ4n) is 3.87. The van der Waals surface area contributed by atoms with Crippen molar-refractivity contribution in [2.75, 3.05) is 13.2 Å². The minimum Gasteiger partial charge on any atom is -0.376 e. The lowest BCUT2D eigenvalue weighted by Crippen LogP contribution is -2.70. The molecule has 2 saturated heterocycles. The highest BCUT2D eigenvalue weighted by molar-refractivity contribution is 6.00. The van der Waals surface area contributed by atoms with Gasteiger partial charge >= 0.3 is 0 Å². The van der Waals surface area contributed by atoms with Crippen molar-refractivity contribution in [3.63, 3.8) is 0 Å². The van der Waals surface area contributed by atoms with Crippen LogP contribution in [0.4, 0.5) is 0 Å². The third kappa shape index (κ3) is 2.22. The van der Waals surface area contributed by atoms with Crippen LogP contribution in [0.3, 0.4) is 0 Å². The van der Waals surface area contributed by atoms with Gasteiger partial charge in [-0.1, -0.05) is 19.8 Å². The van der Waals surface area contributed by atoms with Crippen LogP contribution in [0.15, 0.2) is 0 Å². The summed E-state index contributed by atoms with van der Waals surface area (Å²) >= 11 is 0. The van der Waals surface area contributed by atoms with Crippen molar-refractivity contribution in [1.82, 2.24) is 10.2 Å². The van der Waals surface area contributed by atoms with E-state index < -0.39 is 5.54 Å². The molecule has 1 spiro atoms. The molecule has 0 aromatic carbocycles. The highest BCUT2D eigenvalue weighted by Gasteiger charge is 2.51. The van der Waals surface area contributed by atoms with E-state index in [4.69, 9.17) is 4.74 Å². The molecule has 1 aliphatic carbocycles. The second-order valence-corrected chi connectivity index (χ2v) is 6.30.